The minimum Gasteiger partial charge on any atom is -0.309 e. The molecule has 342 valence electrons. The Morgan fingerprint density at radius 2 is 0.694 bits per heavy atom. The predicted octanol–water partition coefficient (Wildman–Crippen LogP) is 13.1. The summed E-state index contributed by atoms with van der Waals surface area (Å²) in [5.74, 6) is 5.70. The highest BCUT2D eigenvalue weighted by Crippen LogP contribution is 2.42. The molecule has 6 aromatic heterocycles. The average Bonchev–Trinajstić information content (AvgIpc) is 3.92. The molecule has 0 amide bonds. The van der Waals surface area contributed by atoms with Crippen molar-refractivity contribution >= 4 is 43.6 Å². The van der Waals surface area contributed by atoms with Crippen molar-refractivity contribution in [2.45, 2.75) is 27.7 Å². The van der Waals surface area contributed by atoms with Crippen molar-refractivity contribution < 1.29 is 0 Å². The van der Waals surface area contributed by atoms with E-state index in [9.17, 15) is 0 Å². The molecular weight excluding hydrogens is 889 g/mol. The van der Waals surface area contributed by atoms with E-state index >= 15 is 0 Å². The zero-order chi connectivity index (χ0) is 48.5. The lowest BCUT2D eigenvalue weighted by Crippen LogP contribution is -2.04. The maximum absolute atomic E-state index is 5.33. The third kappa shape index (κ3) is 7.32. The SMILES string of the molecule is Cc1nc(C)nc(-c2ccc3c(c2)c2ccccc2n3-c2ccc(-c3nc(-c4ccccc4)nc(-c4ccccc4)n3)cc2-c2ncccc2-n2c3ccccc3c3cc(-c4nc(C)nc(C)n4)ccc32)n1. The Morgan fingerprint density at radius 3 is 1.21 bits per heavy atom. The van der Waals surface area contributed by atoms with Crippen LogP contribution in [0.1, 0.15) is 23.3 Å². The van der Waals surface area contributed by atoms with Crippen LogP contribution in [0.25, 0.3) is 123 Å². The normalized spacial score (nSPS) is 11.6. The Labute approximate surface area is 413 Å². The second-order valence-electron chi connectivity index (χ2n) is 17.8. The molecule has 0 saturated carbocycles. The van der Waals surface area contributed by atoms with Crippen LogP contribution in [0.4, 0.5) is 0 Å². The molecular formula is C60H42N12. The first-order chi connectivity index (χ1) is 35.3. The fourth-order valence-corrected chi connectivity index (χ4v) is 10.0. The van der Waals surface area contributed by atoms with Crippen LogP contribution in [0, 0.1) is 27.7 Å². The van der Waals surface area contributed by atoms with Gasteiger partial charge in [-0.2, -0.15) is 0 Å². The molecule has 0 fully saturated rings. The molecule has 0 atom stereocenters. The number of fused-ring (bicyclic) bond motifs is 6. The summed E-state index contributed by atoms with van der Waals surface area (Å²) in [4.78, 5) is 48.6. The maximum atomic E-state index is 5.33. The van der Waals surface area contributed by atoms with Gasteiger partial charge in [0.25, 0.3) is 0 Å². The number of aromatic nitrogens is 12. The van der Waals surface area contributed by atoms with E-state index in [0.717, 1.165) is 94.1 Å². The smallest absolute Gasteiger partial charge is 0.164 e. The highest BCUT2D eigenvalue weighted by molar-refractivity contribution is 6.12. The van der Waals surface area contributed by atoms with Crippen LogP contribution in [0.2, 0.25) is 0 Å². The molecule has 0 aliphatic heterocycles. The molecule has 6 heterocycles. The summed E-state index contributed by atoms with van der Waals surface area (Å²) < 4.78 is 4.66. The lowest BCUT2D eigenvalue weighted by molar-refractivity contribution is 0.928. The van der Waals surface area contributed by atoms with Crippen LogP contribution in [0.3, 0.4) is 0 Å². The summed E-state index contributed by atoms with van der Waals surface area (Å²) in [6.07, 6.45) is 1.87. The minimum atomic E-state index is 0.538. The Morgan fingerprint density at radius 1 is 0.292 bits per heavy atom. The molecule has 12 heteroatoms. The first kappa shape index (κ1) is 42.4. The molecule has 0 bridgehead atoms. The van der Waals surface area contributed by atoms with Crippen LogP contribution >= 0.6 is 0 Å². The van der Waals surface area contributed by atoms with Gasteiger partial charge in [-0.3, -0.25) is 4.98 Å². The summed E-state index contributed by atoms with van der Waals surface area (Å²) in [6.45, 7) is 7.60. The number of rotatable bonds is 8. The van der Waals surface area contributed by atoms with Gasteiger partial charge in [-0.1, -0.05) is 97.1 Å². The fraction of sp³-hybridized carbons (Fsp3) is 0.0667. The molecule has 0 aliphatic rings. The molecule has 72 heavy (non-hydrogen) atoms. The number of nitrogens with zero attached hydrogens (tertiary/aromatic N) is 12. The van der Waals surface area contributed by atoms with Gasteiger partial charge in [0.2, 0.25) is 0 Å². The van der Waals surface area contributed by atoms with E-state index in [1.165, 1.54) is 0 Å². The van der Waals surface area contributed by atoms with E-state index in [1.807, 2.05) is 101 Å². The lowest BCUT2D eigenvalue weighted by Gasteiger charge is -2.19. The topological polar surface area (TPSA) is 139 Å². The van der Waals surface area contributed by atoms with Gasteiger partial charge in [-0.05, 0) is 107 Å². The lowest BCUT2D eigenvalue weighted by atomic mass is 10.0. The predicted molar refractivity (Wildman–Crippen MR) is 285 cm³/mol. The van der Waals surface area contributed by atoms with Gasteiger partial charge in [0.15, 0.2) is 29.1 Å². The van der Waals surface area contributed by atoms with Gasteiger partial charge < -0.3 is 9.13 Å². The number of para-hydroxylation sites is 2. The van der Waals surface area contributed by atoms with E-state index in [-0.39, 0.29) is 0 Å². The summed E-state index contributed by atoms with van der Waals surface area (Å²) in [5, 5.41) is 4.31. The molecule has 0 aliphatic carbocycles. The molecule has 12 nitrogen and oxygen atoms in total. The summed E-state index contributed by atoms with van der Waals surface area (Å²) in [5.41, 5.74) is 12.0. The summed E-state index contributed by atoms with van der Waals surface area (Å²) in [7, 11) is 0. The molecule has 0 saturated heterocycles. The minimum absolute atomic E-state index is 0.538. The highest BCUT2D eigenvalue weighted by atomic mass is 15.1. The van der Waals surface area contributed by atoms with E-state index in [0.29, 0.717) is 52.4 Å². The van der Waals surface area contributed by atoms with Gasteiger partial charge in [0, 0.05) is 61.1 Å². The molecule has 0 N–H and O–H groups in total. The first-order valence-corrected chi connectivity index (χ1v) is 23.7. The Balaban J connectivity index is 1.08. The van der Waals surface area contributed by atoms with Crippen molar-refractivity contribution in [3.63, 3.8) is 0 Å². The molecule has 7 aromatic carbocycles. The van der Waals surface area contributed by atoms with E-state index in [4.69, 9.17) is 39.9 Å². The van der Waals surface area contributed by atoms with Gasteiger partial charge in [-0.15, -0.1) is 0 Å². The van der Waals surface area contributed by atoms with Gasteiger partial charge in [-0.25, -0.2) is 44.9 Å². The molecule has 0 spiro atoms. The molecule has 0 radical (unpaired) electrons. The Bertz CT molecular complexity index is 4180. The molecule has 0 unspecified atom stereocenters. The number of pyridine rings is 1. The van der Waals surface area contributed by atoms with Gasteiger partial charge >= 0.3 is 0 Å². The second-order valence-corrected chi connectivity index (χ2v) is 17.8. The summed E-state index contributed by atoms with van der Waals surface area (Å²) >= 11 is 0. The van der Waals surface area contributed by atoms with Crippen LogP contribution in [0.15, 0.2) is 182 Å². The van der Waals surface area contributed by atoms with E-state index < -0.39 is 0 Å². The monoisotopic (exact) mass is 930 g/mol. The third-order valence-corrected chi connectivity index (χ3v) is 13.1. The van der Waals surface area contributed by atoms with Crippen molar-refractivity contribution in [3.05, 3.63) is 205 Å². The Kier molecular flexibility index (Phi) is 10.1. The number of aryl methyl sites for hydroxylation is 4. The average molecular weight is 931 g/mol. The van der Waals surface area contributed by atoms with Crippen molar-refractivity contribution in [3.8, 4) is 79.6 Å². The number of hydrogen-bond acceptors (Lipinski definition) is 10. The maximum Gasteiger partial charge on any atom is 0.164 e. The fourth-order valence-electron chi connectivity index (χ4n) is 10.0. The van der Waals surface area contributed by atoms with Crippen molar-refractivity contribution in [2.24, 2.45) is 0 Å². The van der Waals surface area contributed by atoms with Crippen molar-refractivity contribution in [1.29, 1.82) is 0 Å². The van der Waals surface area contributed by atoms with Crippen molar-refractivity contribution in [1.82, 2.24) is 59.0 Å². The van der Waals surface area contributed by atoms with Gasteiger partial charge in [0.1, 0.15) is 23.3 Å². The highest BCUT2D eigenvalue weighted by Gasteiger charge is 2.24. The third-order valence-electron chi connectivity index (χ3n) is 13.1. The van der Waals surface area contributed by atoms with E-state index in [1.54, 1.807) is 0 Å². The zero-order valence-corrected chi connectivity index (χ0v) is 39.7. The molecule has 13 rings (SSSR count). The van der Waals surface area contributed by atoms with Crippen molar-refractivity contribution in [2.75, 3.05) is 0 Å². The van der Waals surface area contributed by atoms with Crippen LogP contribution in [-0.2, 0) is 0 Å². The Hall–Kier alpha value is -9.68. The van der Waals surface area contributed by atoms with Crippen LogP contribution in [-0.4, -0.2) is 59.0 Å². The van der Waals surface area contributed by atoms with E-state index in [2.05, 4.69) is 128 Å². The van der Waals surface area contributed by atoms with Crippen LogP contribution < -0.4 is 0 Å². The zero-order valence-electron chi connectivity index (χ0n) is 39.7. The second kappa shape index (κ2) is 17.1. The molecule has 13 aromatic rings. The number of hydrogen-bond donors (Lipinski definition) is 0. The number of benzene rings is 7. The standard InChI is InChI=1S/C60H42N12/c1-35-62-36(2)65-58(64-35)41-25-28-51-46(32-41)44-20-11-13-22-49(44)71(51)53-30-27-43(60-69-56(39-16-7-5-8-17-39)68-57(70-60)40-18-9-6-10-19-40)34-48(53)55-54(24-15-31-61-55)72-50-23-14-12-21-45(50)47-33-42(26-29-52(47)72)59-66-37(3)63-38(4)67-59/h5-34H,1-4H3. The van der Waals surface area contributed by atoms with Crippen LogP contribution in [0.5, 0.6) is 0 Å². The van der Waals surface area contributed by atoms with Gasteiger partial charge in [0.05, 0.1) is 39.1 Å². The largest absolute Gasteiger partial charge is 0.309 e. The summed E-state index contributed by atoms with van der Waals surface area (Å²) in [6, 6.07) is 60.7. The quantitative estimate of drug-likeness (QED) is 0.145. The first-order valence-electron chi connectivity index (χ1n) is 23.7.